The molecule has 0 spiro atoms. The molecule has 3 aromatic rings. The second kappa shape index (κ2) is 8.64. The minimum atomic E-state index is -0.101. The minimum Gasteiger partial charge on any atom is -0.342 e. The van der Waals surface area contributed by atoms with Crippen LogP contribution in [0, 0.1) is 19.8 Å². The summed E-state index contributed by atoms with van der Waals surface area (Å²) in [6.07, 6.45) is 2.11. The molecule has 1 amide bonds. The van der Waals surface area contributed by atoms with E-state index >= 15 is 0 Å². The van der Waals surface area contributed by atoms with Gasteiger partial charge in [-0.05, 0) is 61.9 Å². The molecular weight excluding hydrogens is 394 g/mol. The highest BCUT2D eigenvalue weighted by Gasteiger charge is 2.22. The Hall–Kier alpha value is -2.60. The Morgan fingerprint density at radius 3 is 2.63 bits per heavy atom. The van der Waals surface area contributed by atoms with Crippen molar-refractivity contribution in [1.29, 1.82) is 0 Å². The molecule has 2 heterocycles. The van der Waals surface area contributed by atoms with Gasteiger partial charge >= 0.3 is 0 Å². The fraction of sp³-hybridized carbons (Fsp3) is 0.375. The van der Waals surface area contributed by atoms with E-state index < -0.39 is 0 Å². The maximum atomic E-state index is 13.4. The summed E-state index contributed by atoms with van der Waals surface area (Å²) < 4.78 is 1.67. The maximum absolute atomic E-state index is 13.4. The molecule has 1 fully saturated rings. The van der Waals surface area contributed by atoms with E-state index in [1.54, 1.807) is 10.6 Å². The number of hydrogen-bond acceptors (Lipinski definition) is 4. The molecule has 4 rings (SSSR count). The van der Waals surface area contributed by atoms with Gasteiger partial charge in [0.25, 0.3) is 5.56 Å². The number of piperidine rings is 1. The molecule has 1 aliphatic rings. The second-order valence-corrected chi connectivity index (χ2v) is 9.14. The zero-order chi connectivity index (χ0) is 21.3. The van der Waals surface area contributed by atoms with Gasteiger partial charge in [-0.25, -0.2) is 4.98 Å². The lowest BCUT2D eigenvalue weighted by Crippen LogP contribution is -2.39. The lowest BCUT2D eigenvalue weighted by Gasteiger charge is -2.30. The van der Waals surface area contributed by atoms with Crippen LogP contribution in [-0.2, 0) is 4.79 Å². The molecule has 30 heavy (non-hydrogen) atoms. The van der Waals surface area contributed by atoms with Gasteiger partial charge in [0.2, 0.25) is 5.91 Å². The van der Waals surface area contributed by atoms with E-state index in [1.807, 2.05) is 55.1 Å². The van der Waals surface area contributed by atoms with Crippen molar-refractivity contribution >= 4 is 28.6 Å². The summed E-state index contributed by atoms with van der Waals surface area (Å²) >= 11 is 1.35. The van der Waals surface area contributed by atoms with E-state index in [2.05, 4.69) is 6.92 Å². The highest BCUT2D eigenvalue weighted by Crippen LogP contribution is 2.25. The Balaban J connectivity index is 1.72. The van der Waals surface area contributed by atoms with Gasteiger partial charge in [0.1, 0.15) is 0 Å². The van der Waals surface area contributed by atoms with Gasteiger partial charge in [0.05, 0.1) is 22.3 Å². The van der Waals surface area contributed by atoms with Crippen LogP contribution < -0.4 is 5.56 Å². The van der Waals surface area contributed by atoms with E-state index in [1.165, 1.54) is 11.8 Å². The molecule has 0 bridgehead atoms. The van der Waals surface area contributed by atoms with E-state index in [4.69, 9.17) is 4.98 Å². The standard InChI is InChI=1S/C24H27N3O2S/c1-16-10-12-26(13-11-16)22(28)15-30-24-25-20-7-5-4-6-19(20)23(29)27(24)21-14-17(2)8-9-18(21)3/h4-9,14,16H,10-13,15H2,1-3H3. The van der Waals surface area contributed by atoms with Gasteiger partial charge in [-0.1, -0.05) is 43.0 Å². The Labute approximate surface area is 181 Å². The first-order valence-electron chi connectivity index (χ1n) is 10.4. The molecule has 156 valence electrons. The average Bonchev–Trinajstić information content (AvgIpc) is 2.74. The largest absolute Gasteiger partial charge is 0.342 e. The molecule has 0 saturated carbocycles. The number of aryl methyl sites for hydroxylation is 2. The first-order chi connectivity index (χ1) is 14.4. The van der Waals surface area contributed by atoms with Crippen molar-refractivity contribution in [3.8, 4) is 5.69 Å². The third-order valence-electron chi connectivity index (χ3n) is 5.81. The van der Waals surface area contributed by atoms with Gasteiger partial charge < -0.3 is 4.90 Å². The summed E-state index contributed by atoms with van der Waals surface area (Å²) in [6.45, 7) is 7.87. The third kappa shape index (κ3) is 4.15. The fourth-order valence-corrected chi connectivity index (χ4v) is 4.77. The zero-order valence-electron chi connectivity index (χ0n) is 17.7. The summed E-state index contributed by atoms with van der Waals surface area (Å²) in [6, 6.07) is 13.4. The lowest BCUT2D eigenvalue weighted by molar-refractivity contribution is -0.129. The first kappa shape index (κ1) is 20.7. The van der Waals surface area contributed by atoms with Crippen LogP contribution in [0.1, 0.15) is 30.9 Å². The quantitative estimate of drug-likeness (QED) is 0.464. The topological polar surface area (TPSA) is 55.2 Å². The van der Waals surface area contributed by atoms with Gasteiger partial charge in [-0.3, -0.25) is 14.2 Å². The van der Waals surface area contributed by atoms with Crippen molar-refractivity contribution in [2.45, 2.75) is 38.8 Å². The predicted molar refractivity (Wildman–Crippen MR) is 123 cm³/mol. The van der Waals surface area contributed by atoms with Gasteiger partial charge in [-0.2, -0.15) is 0 Å². The summed E-state index contributed by atoms with van der Waals surface area (Å²) in [5.41, 5.74) is 3.45. The first-order valence-corrected chi connectivity index (χ1v) is 11.4. The molecule has 0 atom stereocenters. The highest BCUT2D eigenvalue weighted by molar-refractivity contribution is 7.99. The van der Waals surface area contributed by atoms with Crippen LogP contribution >= 0.6 is 11.8 Å². The Morgan fingerprint density at radius 1 is 1.13 bits per heavy atom. The maximum Gasteiger partial charge on any atom is 0.266 e. The Kier molecular flexibility index (Phi) is 5.95. The molecule has 0 N–H and O–H groups in total. The lowest BCUT2D eigenvalue weighted by atomic mass is 9.99. The van der Waals surface area contributed by atoms with E-state index in [0.29, 0.717) is 22.0 Å². The summed E-state index contributed by atoms with van der Waals surface area (Å²) in [5.74, 6) is 1.07. The molecule has 2 aromatic carbocycles. The number of hydrogen-bond donors (Lipinski definition) is 0. The fourth-order valence-electron chi connectivity index (χ4n) is 3.86. The Bertz CT molecular complexity index is 1150. The van der Waals surface area contributed by atoms with Crippen LogP contribution in [0.5, 0.6) is 0 Å². The monoisotopic (exact) mass is 421 g/mol. The van der Waals surface area contributed by atoms with Crippen molar-refractivity contribution in [1.82, 2.24) is 14.5 Å². The summed E-state index contributed by atoms with van der Waals surface area (Å²) in [5, 5.41) is 1.14. The highest BCUT2D eigenvalue weighted by atomic mass is 32.2. The molecule has 5 nitrogen and oxygen atoms in total. The number of nitrogens with zero attached hydrogens (tertiary/aromatic N) is 3. The van der Waals surface area contributed by atoms with Crippen LogP contribution in [0.3, 0.4) is 0 Å². The molecule has 6 heteroatoms. The van der Waals surface area contributed by atoms with Crippen molar-refractivity contribution in [2.75, 3.05) is 18.8 Å². The normalized spacial score (nSPS) is 15.0. The van der Waals surface area contributed by atoms with Gasteiger partial charge in [0.15, 0.2) is 5.16 Å². The number of carbonyl (C=O) groups excluding carboxylic acids is 1. The molecule has 1 saturated heterocycles. The molecule has 1 aliphatic heterocycles. The average molecular weight is 422 g/mol. The number of para-hydroxylation sites is 1. The van der Waals surface area contributed by atoms with Gasteiger partial charge in [-0.15, -0.1) is 0 Å². The van der Waals surface area contributed by atoms with Crippen molar-refractivity contribution in [3.63, 3.8) is 0 Å². The molecule has 0 radical (unpaired) electrons. The second-order valence-electron chi connectivity index (χ2n) is 8.19. The number of amides is 1. The van der Waals surface area contributed by atoms with Crippen molar-refractivity contribution in [2.24, 2.45) is 5.92 Å². The number of aromatic nitrogens is 2. The van der Waals surface area contributed by atoms with Crippen LogP contribution in [0.2, 0.25) is 0 Å². The third-order valence-corrected chi connectivity index (χ3v) is 6.73. The van der Waals surface area contributed by atoms with E-state index in [-0.39, 0.29) is 17.2 Å². The predicted octanol–water partition coefficient (Wildman–Crippen LogP) is 4.35. The van der Waals surface area contributed by atoms with Crippen LogP contribution in [0.4, 0.5) is 0 Å². The van der Waals surface area contributed by atoms with Gasteiger partial charge in [0, 0.05) is 13.1 Å². The molecule has 0 aliphatic carbocycles. The summed E-state index contributed by atoms with van der Waals surface area (Å²) in [7, 11) is 0. The molecule has 0 unspecified atom stereocenters. The van der Waals surface area contributed by atoms with E-state index in [9.17, 15) is 9.59 Å². The number of benzene rings is 2. The van der Waals surface area contributed by atoms with E-state index in [0.717, 1.165) is 42.7 Å². The SMILES string of the molecule is Cc1ccc(C)c(-n2c(SCC(=O)N3CCC(C)CC3)nc3ccccc3c2=O)c1. The number of thioether (sulfide) groups is 1. The smallest absolute Gasteiger partial charge is 0.266 e. The van der Waals surface area contributed by atoms with Crippen molar-refractivity contribution in [3.05, 3.63) is 63.9 Å². The number of carbonyl (C=O) groups is 1. The van der Waals surface area contributed by atoms with Crippen LogP contribution in [0.25, 0.3) is 16.6 Å². The molecular formula is C24H27N3O2S. The number of likely N-dealkylation sites (tertiary alicyclic amines) is 1. The minimum absolute atomic E-state index is 0.101. The molecule has 1 aromatic heterocycles. The zero-order valence-corrected chi connectivity index (χ0v) is 18.5. The van der Waals surface area contributed by atoms with Crippen molar-refractivity contribution < 1.29 is 4.79 Å². The Morgan fingerprint density at radius 2 is 1.87 bits per heavy atom. The van der Waals surface area contributed by atoms with Crippen LogP contribution in [-0.4, -0.2) is 39.2 Å². The van der Waals surface area contributed by atoms with Crippen LogP contribution in [0.15, 0.2) is 52.4 Å². The number of rotatable bonds is 4. The summed E-state index contributed by atoms with van der Waals surface area (Å²) in [4.78, 5) is 32.9. The number of fused-ring (bicyclic) bond motifs is 1.